The van der Waals surface area contributed by atoms with Crippen LogP contribution in [0.4, 0.5) is 5.69 Å². The lowest BCUT2D eigenvalue weighted by Gasteiger charge is -2.32. The lowest BCUT2D eigenvalue weighted by molar-refractivity contribution is -0.385. The molecule has 1 amide bonds. The molecular formula is C12H14BrN3O3. The Labute approximate surface area is 119 Å². The van der Waals surface area contributed by atoms with Crippen molar-refractivity contribution in [2.75, 3.05) is 33.2 Å². The molecule has 0 N–H and O–H groups in total. The van der Waals surface area contributed by atoms with E-state index >= 15 is 0 Å². The molecule has 1 heterocycles. The van der Waals surface area contributed by atoms with E-state index in [9.17, 15) is 14.9 Å². The summed E-state index contributed by atoms with van der Waals surface area (Å²) in [5.41, 5.74) is 0.263. The van der Waals surface area contributed by atoms with Gasteiger partial charge in [-0.15, -0.1) is 0 Å². The zero-order chi connectivity index (χ0) is 14.0. The van der Waals surface area contributed by atoms with E-state index in [1.807, 2.05) is 7.05 Å². The molecule has 0 aromatic heterocycles. The fourth-order valence-corrected chi connectivity index (χ4v) is 2.58. The smallest absolute Gasteiger partial charge is 0.284 e. The molecule has 0 atom stereocenters. The summed E-state index contributed by atoms with van der Waals surface area (Å²) in [6.45, 7) is 2.92. The highest BCUT2D eigenvalue weighted by atomic mass is 79.9. The molecule has 1 aromatic carbocycles. The molecule has 102 valence electrons. The Balaban J connectivity index is 2.24. The molecule has 1 aromatic rings. The molecule has 1 aliphatic heterocycles. The van der Waals surface area contributed by atoms with Crippen molar-refractivity contribution in [2.24, 2.45) is 0 Å². The highest BCUT2D eigenvalue weighted by molar-refractivity contribution is 9.10. The SMILES string of the molecule is CN1CCN(C(=O)c2cccc([N+](=O)[O-])c2Br)CC1. The highest BCUT2D eigenvalue weighted by Crippen LogP contribution is 2.29. The van der Waals surface area contributed by atoms with Gasteiger partial charge in [0, 0.05) is 32.2 Å². The number of carbonyl (C=O) groups is 1. The molecule has 0 saturated carbocycles. The van der Waals surface area contributed by atoms with E-state index < -0.39 is 4.92 Å². The molecule has 1 aliphatic rings. The van der Waals surface area contributed by atoms with E-state index in [2.05, 4.69) is 20.8 Å². The largest absolute Gasteiger partial charge is 0.336 e. The molecule has 1 saturated heterocycles. The summed E-state index contributed by atoms with van der Waals surface area (Å²) in [6.07, 6.45) is 0. The monoisotopic (exact) mass is 327 g/mol. The number of piperazine rings is 1. The summed E-state index contributed by atoms with van der Waals surface area (Å²) < 4.78 is 0.254. The second-order valence-corrected chi connectivity index (χ2v) is 5.28. The van der Waals surface area contributed by atoms with Crippen LogP contribution in [0.2, 0.25) is 0 Å². The molecule has 0 radical (unpaired) electrons. The maximum absolute atomic E-state index is 12.4. The second kappa shape index (κ2) is 5.66. The van der Waals surface area contributed by atoms with Crippen LogP contribution in [-0.4, -0.2) is 53.9 Å². The summed E-state index contributed by atoms with van der Waals surface area (Å²) in [6, 6.07) is 4.52. The van der Waals surface area contributed by atoms with Gasteiger partial charge in [0.25, 0.3) is 11.6 Å². The predicted octanol–water partition coefficient (Wildman–Crippen LogP) is 1.74. The molecule has 7 heteroatoms. The van der Waals surface area contributed by atoms with Crippen molar-refractivity contribution in [1.29, 1.82) is 0 Å². The maximum Gasteiger partial charge on any atom is 0.284 e. The average Bonchev–Trinajstić information content (AvgIpc) is 2.38. The number of nitrogens with zero attached hydrogens (tertiary/aromatic N) is 3. The number of nitro benzene ring substituents is 1. The Hall–Kier alpha value is -1.47. The van der Waals surface area contributed by atoms with Gasteiger partial charge >= 0.3 is 0 Å². The van der Waals surface area contributed by atoms with Gasteiger partial charge < -0.3 is 9.80 Å². The first-order valence-corrected chi connectivity index (χ1v) is 6.70. The Morgan fingerprint density at radius 1 is 1.32 bits per heavy atom. The van der Waals surface area contributed by atoms with Gasteiger partial charge in [0.05, 0.1) is 10.5 Å². The van der Waals surface area contributed by atoms with Gasteiger partial charge in [0.1, 0.15) is 4.47 Å². The summed E-state index contributed by atoms with van der Waals surface area (Å²) in [7, 11) is 2.01. The molecule has 1 fully saturated rings. The van der Waals surface area contributed by atoms with Crippen molar-refractivity contribution in [2.45, 2.75) is 0 Å². The first-order chi connectivity index (χ1) is 9.00. The van der Waals surface area contributed by atoms with Crippen LogP contribution < -0.4 is 0 Å². The number of likely N-dealkylation sites (N-methyl/N-ethyl adjacent to an activating group) is 1. The minimum absolute atomic E-state index is 0.0834. The normalized spacial score (nSPS) is 16.4. The molecule has 0 bridgehead atoms. The molecular weight excluding hydrogens is 314 g/mol. The Morgan fingerprint density at radius 3 is 2.53 bits per heavy atom. The third kappa shape index (κ3) is 2.93. The summed E-state index contributed by atoms with van der Waals surface area (Å²) in [4.78, 5) is 26.6. The number of rotatable bonds is 2. The average molecular weight is 328 g/mol. The second-order valence-electron chi connectivity index (χ2n) is 4.49. The zero-order valence-corrected chi connectivity index (χ0v) is 12.1. The third-order valence-electron chi connectivity index (χ3n) is 3.20. The number of carbonyl (C=O) groups excluding carboxylic acids is 1. The predicted molar refractivity (Wildman–Crippen MR) is 74.2 cm³/mol. The molecule has 0 unspecified atom stereocenters. The Morgan fingerprint density at radius 2 is 1.95 bits per heavy atom. The van der Waals surface area contributed by atoms with Crippen LogP contribution in [0.15, 0.2) is 22.7 Å². The van der Waals surface area contributed by atoms with Crippen LogP contribution in [0.25, 0.3) is 0 Å². The van der Waals surface area contributed by atoms with Crippen LogP contribution in [0.1, 0.15) is 10.4 Å². The fraction of sp³-hybridized carbons (Fsp3) is 0.417. The van der Waals surface area contributed by atoms with Crippen molar-refractivity contribution < 1.29 is 9.72 Å². The molecule has 2 rings (SSSR count). The fourth-order valence-electron chi connectivity index (χ4n) is 2.01. The Bertz CT molecular complexity index is 513. The lowest BCUT2D eigenvalue weighted by Crippen LogP contribution is -2.47. The van der Waals surface area contributed by atoms with Crippen molar-refractivity contribution in [3.8, 4) is 0 Å². The van der Waals surface area contributed by atoms with Crippen LogP contribution in [-0.2, 0) is 0 Å². The molecule has 0 aliphatic carbocycles. The van der Waals surface area contributed by atoms with E-state index in [0.29, 0.717) is 18.7 Å². The van der Waals surface area contributed by atoms with Crippen LogP contribution >= 0.6 is 15.9 Å². The van der Waals surface area contributed by atoms with E-state index in [1.54, 1.807) is 11.0 Å². The first-order valence-electron chi connectivity index (χ1n) is 5.91. The number of hydrogen-bond acceptors (Lipinski definition) is 4. The highest BCUT2D eigenvalue weighted by Gasteiger charge is 2.25. The number of hydrogen-bond donors (Lipinski definition) is 0. The summed E-state index contributed by atoms with van der Waals surface area (Å²) in [5, 5.41) is 10.9. The first kappa shape index (κ1) is 14.0. The van der Waals surface area contributed by atoms with E-state index in [1.165, 1.54) is 12.1 Å². The van der Waals surface area contributed by atoms with Gasteiger partial charge in [0.2, 0.25) is 0 Å². The topological polar surface area (TPSA) is 66.7 Å². The van der Waals surface area contributed by atoms with E-state index in [0.717, 1.165) is 13.1 Å². The van der Waals surface area contributed by atoms with Gasteiger partial charge in [-0.25, -0.2) is 0 Å². The van der Waals surface area contributed by atoms with Gasteiger partial charge in [0.15, 0.2) is 0 Å². The number of halogens is 1. The van der Waals surface area contributed by atoms with Gasteiger partial charge in [-0.2, -0.15) is 0 Å². The molecule has 19 heavy (non-hydrogen) atoms. The number of benzene rings is 1. The van der Waals surface area contributed by atoms with Crippen molar-refractivity contribution in [3.63, 3.8) is 0 Å². The minimum atomic E-state index is -0.495. The quantitative estimate of drug-likeness (QED) is 0.613. The van der Waals surface area contributed by atoms with Crippen molar-refractivity contribution >= 4 is 27.5 Å². The van der Waals surface area contributed by atoms with Crippen molar-refractivity contribution in [3.05, 3.63) is 38.3 Å². The summed E-state index contributed by atoms with van der Waals surface area (Å²) >= 11 is 3.16. The van der Waals surface area contributed by atoms with Gasteiger partial charge in [-0.05, 0) is 29.0 Å². The maximum atomic E-state index is 12.4. The van der Waals surface area contributed by atoms with Crippen molar-refractivity contribution in [1.82, 2.24) is 9.80 Å². The van der Waals surface area contributed by atoms with Crippen LogP contribution in [0.5, 0.6) is 0 Å². The number of amides is 1. The van der Waals surface area contributed by atoms with Crippen LogP contribution in [0.3, 0.4) is 0 Å². The van der Waals surface area contributed by atoms with E-state index in [-0.39, 0.29) is 16.1 Å². The molecule has 0 spiro atoms. The van der Waals surface area contributed by atoms with Gasteiger partial charge in [-0.1, -0.05) is 6.07 Å². The van der Waals surface area contributed by atoms with E-state index in [4.69, 9.17) is 0 Å². The van der Waals surface area contributed by atoms with Gasteiger partial charge in [-0.3, -0.25) is 14.9 Å². The standard InChI is InChI=1S/C12H14BrN3O3/c1-14-5-7-15(8-6-14)12(17)9-3-2-4-10(11(9)13)16(18)19/h2-4H,5-8H2,1H3. The summed E-state index contributed by atoms with van der Waals surface area (Å²) in [5.74, 6) is -0.163. The third-order valence-corrected chi connectivity index (χ3v) is 4.03. The molecule has 6 nitrogen and oxygen atoms in total. The minimum Gasteiger partial charge on any atom is -0.336 e. The number of nitro groups is 1. The zero-order valence-electron chi connectivity index (χ0n) is 10.5. The Kier molecular flexibility index (Phi) is 4.16. The van der Waals surface area contributed by atoms with Crippen LogP contribution in [0, 0.1) is 10.1 Å². The lowest BCUT2D eigenvalue weighted by atomic mass is 10.1.